The van der Waals surface area contributed by atoms with Gasteiger partial charge in [-0.3, -0.25) is 14.4 Å². The maximum atomic E-state index is 12.3. The number of hydrogen-bond donors (Lipinski definition) is 4. The monoisotopic (exact) mass is 444 g/mol. The number of benzene rings is 3. The summed E-state index contributed by atoms with van der Waals surface area (Å²) in [6, 6.07) is 23.8. The average Bonchev–Trinajstić information content (AvgIpc) is 2.83. The van der Waals surface area contributed by atoms with Crippen LogP contribution < -0.4 is 21.3 Å². The highest BCUT2D eigenvalue weighted by atomic mass is 16.2. The molecule has 170 valence electrons. The molecule has 0 heterocycles. The van der Waals surface area contributed by atoms with E-state index >= 15 is 0 Å². The second kappa shape index (κ2) is 12.0. The first kappa shape index (κ1) is 23.5. The molecule has 0 aliphatic carbocycles. The van der Waals surface area contributed by atoms with Gasteiger partial charge in [0.1, 0.15) is 0 Å². The molecule has 3 aromatic carbocycles. The van der Waals surface area contributed by atoms with Gasteiger partial charge >= 0.3 is 0 Å². The Hall–Kier alpha value is -4.13. The quantitative estimate of drug-likeness (QED) is 0.379. The van der Waals surface area contributed by atoms with Crippen LogP contribution in [-0.4, -0.2) is 30.8 Å². The molecular weight excluding hydrogens is 416 g/mol. The molecule has 33 heavy (non-hydrogen) atoms. The van der Waals surface area contributed by atoms with E-state index in [0.29, 0.717) is 36.3 Å². The molecule has 4 N–H and O–H groups in total. The summed E-state index contributed by atoms with van der Waals surface area (Å²) in [6.07, 6.45) is 1.10. The number of nitrogens with one attached hydrogen (secondary N) is 4. The second-order valence-electron chi connectivity index (χ2n) is 7.45. The number of rotatable bonds is 10. The SMILES string of the molecule is CCNC(=O)c1cccc(NC(=O)CNc2ccc(NC(=O)CCc3ccccc3)cc2)c1. The number of amides is 3. The van der Waals surface area contributed by atoms with Crippen molar-refractivity contribution >= 4 is 34.8 Å². The van der Waals surface area contributed by atoms with Gasteiger partial charge in [0, 0.05) is 35.6 Å². The van der Waals surface area contributed by atoms with Gasteiger partial charge in [-0.15, -0.1) is 0 Å². The van der Waals surface area contributed by atoms with Crippen molar-refractivity contribution in [2.45, 2.75) is 19.8 Å². The third kappa shape index (κ3) is 7.81. The van der Waals surface area contributed by atoms with Crippen molar-refractivity contribution in [3.63, 3.8) is 0 Å². The molecule has 3 rings (SSSR count). The summed E-state index contributed by atoms with van der Waals surface area (Å²) in [7, 11) is 0. The fourth-order valence-corrected chi connectivity index (χ4v) is 3.19. The van der Waals surface area contributed by atoms with Gasteiger partial charge < -0.3 is 21.3 Å². The smallest absolute Gasteiger partial charge is 0.251 e. The van der Waals surface area contributed by atoms with E-state index in [1.165, 1.54) is 0 Å². The molecular formula is C26H28N4O3. The van der Waals surface area contributed by atoms with Gasteiger partial charge in [0.05, 0.1) is 6.54 Å². The van der Waals surface area contributed by atoms with Crippen LogP contribution in [0.1, 0.15) is 29.3 Å². The van der Waals surface area contributed by atoms with Crippen molar-refractivity contribution < 1.29 is 14.4 Å². The highest BCUT2D eigenvalue weighted by Crippen LogP contribution is 2.15. The van der Waals surface area contributed by atoms with E-state index < -0.39 is 0 Å². The molecule has 3 amide bonds. The number of carbonyl (C=O) groups is 3. The largest absolute Gasteiger partial charge is 0.376 e. The van der Waals surface area contributed by atoms with E-state index in [4.69, 9.17) is 0 Å². The van der Waals surface area contributed by atoms with Crippen molar-refractivity contribution in [1.82, 2.24) is 5.32 Å². The third-order valence-electron chi connectivity index (χ3n) is 4.85. The van der Waals surface area contributed by atoms with E-state index in [9.17, 15) is 14.4 Å². The van der Waals surface area contributed by atoms with Crippen molar-refractivity contribution in [3.05, 3.63) is 90.0 Å². The molecule has 0 radical (unpaired) electrons. The number of anilines is 3. The minimum Gasteiger partial charge on any atom is -0.376 e. The summed E-state index contributed by atoms with van der Waals surface area (Å²) in [6.45, 7) is 2.45. The topological polar surface area (TPSA) is 99.3 Å². The van der Waals surface area contributed by atoms with E-state index in [1.807, 2.05) is 37.3 Å². The first-order valence-corrected chi connectivity index (χ1v) is 10.9. The summed E-state index contributed by atoms with van der Waals surface area (Å²) in [4.78, 5) is 36.3. The highest BCUT2D eigenvalue weighted by molar-refractivity contribution is 5.98. The molecule has 7 heteroatoms. The van der Waals surface area contributed by atoms with Gasteiger partial charge in [-0.25, -0.2) is 0 Å². The van der Waals surface area contributed by atoms with Crippen LogP contribution in [0.4, 0.5) is 17.1 Å². The molecule has 0 atom stereocenters. The third-order valence-corrected chi connectivity index (χ3v) is 4.85. The van der Waals surface area contributed by atoms with Crippen molar-refractivity contribution in [1.29, 1.82) is 0 Å². The Morgan fingerprint density at radius 2 is 1.42 bits per heavy atom. The Morgan fingerprint density at radius 3 is 2.15 bits per heavy atom. The molecule has 0 saturated heterocycles. The highest BCUT2D eigenvalue weighted by Gasteiger charge is 2.08. The van der Waals surface area contributed by atoms with Crippen LogP contribution in [0.25, 0.3) is 0 Å². The van der Waals surface area contributed by atoms with Crippen LogP contribution in [0.3, 0.4) is 0 Å². The van der Waals surface area contributed by atoms with Gasteiger partial charge in [-0.05, 0) is 61.4 Å². The van der Waals surface area contributed by atoms with Gasteiger partial charge in [0.25, 0.3) is 5.91 Å². The molecule has 0 fully saturated rings. The maximum Gasteiger partial charge on any atom is 0.251 e. The molecule has 0 aliphatic rings. The van der Waals surface area contributed by atoms with Gasteiger partial charge in [0.15, 0.2) is 0 Å². The van der Waals surface area contributed by atoms with Gasteiger partial charge in [0.2, 0.25) is 11.8 Å². The lowest BCUT2D eigenvalue weighted by molar-refractivity contribution is -0.116. The lowest BCUT2D eigenvalue weighted by Gasteiger charge is -2.10. The maximum absolute atomic E-state index is 12.3. The van der Waals surface area contributed by atoms with Crippen LogP contribution in [0.5, 0.6) is 0 Å². The first-order chi connectivity index (χ1) is 16.0. The van der Waals surface area contributed by atoms with Crippen LogP contribution in [0.15, 0.2) is 78.9 Å². The minimum atomic E-state index is -0.235. The molecule has 0 saturated carbocycles. The zero-order chi connectivity index (χ0) is 23.5. The van der Waals surface area contributed by atoms with E-state index in [1.54, 1.807) is 48.5 Å². The molecule has 3 aromatic rings. The standard InChI is InChI=1S/C26H28N4O3/c1-2-27-26(33)20-9-6-10-23(17-20)30-25(32)18-28-21-12-14-22(15-13-21)29-24(31)16-11-19-7-4-3-5-8-19/h3-10,12-15,17,28H,2,11,16,18H2,1H3,(H,27,33)(H,29,31)(H,30,32). The zero-order valence-corrected chi connectivity index (χ0v) is 18.6. The normalized spacial score (nSPS) is 10.2. The Labute approximate surface area is 193 Å². The molecule has 7 nitrogen and oxygen atoms in total. The van der Waals surface area contributed by atoms with Crippen LogP contribution in [-0.2, 0) is 16.0 Å². The Balaban J connectivity index is 1.43. The van der Waals surface area contributed by atoms with Crippen molar-refractivity contribution in [2.24, 2.45) is 0 Å². The number of carbonyl (C=O) groups excluding carboxylic acids is 3. The minimum absolute atomic E-state index is 0.0474. The lowest BCUT2D eigenvalue weighted by Crippen LogP contribution is -2.24. The lowest BCUT2D eigenvalue weighted by atomic mass is 10.1. The molecule has 0 aliphatic heterocycles. The molecule has 0 bridgehead atoms. The van der Waals surface area contributed by atoms with Crippen LogP contribution in [0, 0.1) is 0 Å². The van der Waals surface area contributed by atoms with Gasteiger partial charge in [-0.1, -0.05) is 36.4 Å². The van der Waals surface area contributed by atoms with Crippen molar-refractivity contribution in [3.8, 4) is 0 Å². The predicted octanol–water partition coefficient (Wildman–Crippen LogP) is 4.06. The Bertz CT molecular complexity index is 1080. The fraction of sp³-hybridized carbons (Fsp3) is 0.192. The Kier molecular flexibility index (Phi) is 8.59. The van der Waals surface area contributed by atoms with Crippen LogP contribution in [0.2, 0.25) is 0 Å². The second-order valence-corrected chi connectivity index (χ2v) is 7.45. The van der Waals surface area contributed by atoms with Crippen molar-refractivity contribution in [2.75, 3.05) is 29.0 Å². The summed E-state index contributed by atoms with van der Waals surface area (Å²) in [5.41, 5.74) is 3.62. The molecule has 0 spiro atoms. The summed E-state index contributed by atoms with van der Waals surface area (Å²) < 4.78 is 0. The first-order valence-electron chi connectivity index (χ1n) is 10.9. The Morgan fingerprint density at radius 1 is 0.727 bits per heavy atom. The van der Waals surface area contributed by atoms with Crippen LogP contribution >= 0.6 is 0 Å². The summed E-state index contributed by atoms with van der Waals surface area (Å²) in [5.74, 6) is -0.464. The number of hydrogen-bond acceptors (Lipinski definition) is 4. The predicted molar refractivity (Wildman–Crippen MR) is 131 cm³/mol. The fourth-order valence-electron chi connectivity index (χ4n) is 3.19. The van der Waals surface area contributed by atoms with E-state index in [2.05, 4.69) is 21.3 Å². The zero-order valence-electron chi connectivity index (χ0n) is 18.6. The summed E-state index contributed by atoms with van der Waals surface area (Å²) in [5, 5.41) is 11.4. The van der Waals surface area contributed by atoms with E-state index in [0.717, 1.165) is 11.3 Å². The number of aryl methyl sites for hydroxylation is 1. The summed E-state index contributed by atoms with van der Waals surface area (Å²) >= 11 is 0. The van der Waals surface area contributed by atoms with E-state index in [-0.39, 0.29) is 24.3 Å². The average molecular weight is 445 g/mol. The molecule has 0 aromatic heterocycles. The molecule has 0 unspecified atom stereocenters. The van der Waals surface area contributed by atoms with Gasteiger partial charge in [-0.2, -0.15) is 0 Å².